The Labute approximate surface area is 156 Å². The van der Waals surface area contributed by atoms with Gasteiger partial charge in [-0.05, 0) is 29.8 Å². The van der Waals surface area contributed by atoms with Gasteiger partial charge in [0, 0.05) is 20.1 Å². The molecule has 9 heteroatoms. The van der Waals surface area contributed by atoms with Gasteiger partial charge in [0.2, 0.25) is 0 Å². The Kier molecular flexibility index (Phi) is 6.84. The number of rotatable bonds is 6. The highest BCUT2D eigenvalue weighted by atomic mass is 32.2. The van der Waals surface area contributed by atoms with Crippen LogP contribution in [0.15, 0.2) is 64.5 Å². The van der Waals surface area contributed by atoms with Gasteiger partial charge in [-0.1, -0.05) is 30.3 Å². The van der Waals surface area contributed by atoms with E-state index in [2.05, 4.69) is 15.6 Å². The molecule has 0 amide bonds. The fraction of sp³-hybridized carbons (Fsp3) is 0.278. The maximum absolute atomic E-state index is 12.6. The number of guanidine groups is 1. The van der Waals surface area contributed by atoms with Crippen LogP contribution in [0.25, 0.3) is 0 Å². The first-order valence-electron chi connectivity index (χ1n) is 8.11. The molecule has 0 heterocycles. The molecule has 146 valence electrons. The largest absolute Gasteiger partial charge is 0.416 e. The lowest BCUT2D eigenvalue weighted by Crippen LogP contribution is -2.39. The molecule has 0 radical (unpaired) electrons. The van der Waals surface area contributed by atoms with Crippen molar-refractivity contribution in [3.8, 4) is 0 Å². The predicted octanol–water partition coefficient (Wildman–Crippen LogP) is 2.84. The fourth-order valence-electron chi connectivity index (χ4n) is 2.27. The van der Waals surface area contributed by atoms with E-state index in [1.54, 1.807) is 18.2 Å². The highest BCUT2D eigenvalue weighted by Crippen LogP contribution is 2.29. The number of benzene rings is 2. The minimum atomic E-state index is -4.37. The Balaban J connectivity index is 1.84. The van der Waals surface area contributed by atoms with E-state index in [1.165, 1.54) is 31.3 Å². The second kappa shape index (κ2) is 8.90. The van der Waals surface area contributed by atoms with E-state index in [0.29, 0.717) is 11.5 Å². The van der Waals surface area contributed by atoms with Gasteiger partial charge in [-0.15, -0.1) is 0 Å². The molecule has 0 spiro atoms. The molecule has 0 aliphatic heterocycles. The molecule has 0 saturated carbocycles. The quantitative estimate of drug-likeness (QED) is 0.579. The van der Waals surface area contributed by atoms with Crippen LogP contribution in [0.1, 0.15) is 11.1 Å². The fourth-order valence-corrected chi connectivity index (χ4v) is 3.45. The molecule has 2 aromatic rings. The maximum atomic E-state index is 12.6. The Hall–Kier alpha value is -2.55. The molecule has 0 atom stereocenters. The maximum Gasteiger partial charge on any atom is 0.416 e. The first-order valence-corrected chi connectivity index (χ1v) is 9.76. The summed E-state index contributed by atoms with van der Waals surface area (Å²) < 4.78 is 62.1. The van der Waals surface area contributed by atoms with Gasteiger partial charge >= 0.3 is 6.18 Å². The highest BCUT2D eigenvalue weighted by molar-refractivity contribution is 7.91. The third-order valence-corrected chi connectivity index (χ3v) is 5.46. The van der Waals surface area contributed by atoms with Crippen LogP contribution in [0.5, 0.6) is 0 Å². The lowest BCUT2D eigenvalue weighted by atomic mass is 10.1. The van der Waals surface area contributed by atoms with Crippen molar-refractivity contribution >= 4 is 15.8 Å². The average molecular weight is 399 g/mol. The number of halogens is 3. The van der Waals surface area contributed by atoms with Crippen molar-refractivity contribution in [2.24, 2.45) is 4.99 Å². The number of aliphatic imine (C=N–C) groups is 1. The average Bonchev–Trinajstić information content (AvgIpc) is 2.65. The van der Waals surface area contributed by atoms with Crippen LogP contribution < -0.4 is 10.6 Å². The van der Waals surface area contributed by atoms with Gasteiger partial charge in [0.1, 0.15) is 0 Å². The molecule has 5 nitrogen and oxygen atoms in total. The number of nitrogens with zero attached hydrogens (tertiary/aromatic N) is 1. The van der Waals surface area contributed by atoms with Crippen LogP contribution in [-0.4, -0.2) is 33.7 Å². The third kappa shape index (κ3) is 6.28. The SMILES string of the molecule is CN=C(NCCS(=O)(=O)c1ccccc1)NCc1ccc(C(F)(F)F)cc1. The van der Waals surface area contributed by atoms with Crippen molar-refractivity contribution in [3.05, 3.63) is 65.7 Å². The van der Waals surface area contributed by atoms with Crippen molar-refractivity contribution in [2.45, 2.75) is 17.6 Å². The molecule has 2 aromatic carbocycles. The summed E-state index contributed by atoms with van der Waals surface area (Å²) in [4.78, 5) is 4.22. The molecule has 2 rings (SSSR count). The number of sulfone groups is 1. The molecule has 2 N–H and O–H groups in total. The van der Waals surface area contributed by atoms with Gasteiger partial charge in [0.15, 0.2) is 15.8 Å². The van der Waals surface area contributed by atoms with Crippen LogP contribution in [0.3, 0.4) is 0 Å². The molecule has 0 aliphatic rings. The summed E-state index contributed by atoms with van der Waals surface area (Å²) in [6, 6.07) is 12.9. The monoisotopic (exact) mass is 399 g/mol. The molecule has 0 aromatic heterocycles. The summed E-state index contributed by atoms with van der Waals surface area (Å²) in [5.74, 6) is 0.246. The van der Waals surface area contributed by atoms with Crippen molar-refractivity contribution < 1.29 is 21.6 Å². The van der Waals surface area contributed by atoms with E-state index in [1.807, 2.05) is 0 Å². The topological polar surface area (TPSA) is 70.6 Å². The van der Waals surface area contributed by atoms with E-state index in [4.69, 9.17) is 0 Å². The van der Waals surface area contributed by atoms with Crippen LogP contribution >= 0.6 is 0 Å². The van der Waals surface area contributed by atoms with E-state index in [0.717, 1.165) is 12.1 Å². The van der Waals surface area contributed by atoms with Crippen molar-refractivity contribution in [3.63, 3.8) is 0 Å². The van der Waals surface area contributed by atoms with Gasteiger partial charge < -0.3 is 10.6 Å². The van der Waals surface area contributed by atoms with Crippen LogP contribution in [-0.2, 0) is 22.6 Å². The standard InChI is InChI=1S/C18H20F3N3O2S/c1-22-17(23-11-12-27(25,26)16-5-3-2-4-6-16)24-13-14-7-9-15(10-8-14)18(19,20)21/h2-10H,11-13H2,1H3,(H2,22,23,24). The predicted molar refractivity (Wildman–Crippen MR) is 98.1 cm³/mol. The Morgan fingerprint density at radius 3 is 2.19 bits per heavy atom. The molecule has 0 unspecified atom stereocenters. The summed E-state index contributed by atoms with van der Waals surface area (Å²) >= 11 is 0. The molecule has 0 saturated heterocycles. The smallest absolute Gasteiger partial charge is 0.355 e. The van der Waals surface area contributed by atoms with Crippen molar-refractivity contribution in [2.75, 3.05) is 19.3 Å². The number of nitrogens with one attached hydrogen (secondary N) is 2. The normalized spacial score (nSPS) is 12.7. The number of alkyl halides is 3. The third-order valence-electron chi connectivity index (χ3n) is 3.73. The van der Waals surface area contributed by atoms with E-state index >= 15 is 0 Å². The first kappa shape index (κ1) is 20.8. The van der Waals surface area contributed by atoms with E-state index in [9.17, 15) is 21.6 Å². The Morgan fingerprint density at radius 2 is 1.63 bits per heavy atom. The zero-order valence-corrected chi connectivity index (χ0v) is 15.4. The van der Waals surface area contributed by atoms with Crippen LogP contribution in [0.4, 0.5) is 13.2 Å². The van der Waals surface area contributed by atoms with Gasteiger partial charge in [-0.2, -0.15) is 13.2 Å². The molecular weight excluding hydrogens is 379 g/mol. The van der Waals surface area contributed by atoms with Crippen LogP contribution in [0, 0.1) is 0 Å². The molecule has 0 aliphatic carbocycles. The summed E-state index contributed by atoms with van der Waals surface area (Å²) in [7, 11) is -1.88. The summed E-state index contributed by atoms with van der Waals surface area (Å²) in [6.07, 6.45) is -4.37. The second-order valence-electron chi connectivity index (χ2n) is 5.68. The lowest BCUT2D eigenvalue weighted by molar-refractivity contribution is -0.137. The summed E-state index contributed by atoms with van der Waals surface area (Å²) in [5, 5.41) is 5.81. The van der Waals surface area contributed by atoms with E-state index in [-0.39, 0.29) is 23.7 Å². The Bertz CT molecular complexity index is 865. The number of hydrogen-bond donors (Lipinski definition) is 2. The summed E-state index contributed by atoms with van der Waals surface area (Å²) in [6.45, 7) is 0.396. The second-order valence-corrected chi connectivity index (χ2v) is 7.79. The first-order chi connectivity index (χ1) is 12.7. The zero-order valence-electron chi connectivity index (χ0n) is 14.6. The van der Waals surface area contributed by atoms with Gasteiger partial charge in [-0.25, -0.2) is 8.42 Å². The van der Waals surface area contributed by atoms with Crippen LogP contribution in [0.2, 0.25) is 0 Å². The van der Waals surface area contributed by atoms with E-state index < -0.39 is 21.6 Å². The van der Waals surface area contributed by atoms with Gasteiger partial charge in [0.05, 0.1) is 16.2 Å². The molecule has 27 heavy (non-hydrogen) atoms. The minimum Gasteiger partial charge on any atom is -0.355 e. The van der Waals surface area contributed by atoms with Gasteiger partial charge in [0.25, 0.3) is 0 Å². The van der Waals surface area contributed by atoms with Crippen molar-refractivity contribution in [1.29, 1.82) is 0 Å². The summed E-state index contributed by atoms with van der Waals surface area (Å²) in [5.41, 5.74) is -0.0669. The minimum absolute atomic E-state index is 0.113. The molecular formula is C18H20F3N3O2S. The van der Waals surface area contributed by atoms with Gasteiger partial charge in [-0.3, -0.25) is 4.99 Å². The number of hydrogen-bond acceptors (Lipinski definition) is 3. The van der Waals surface area contributed by atoms with Crippen molar-refractivity contribution in [1.82, 2.24) is 10.6 Å². The Morgan fingerprint density at radius 1 is 1.00 bits per heavy atom. The molecule has 0 bridgehead atoms. The highest BCUT2D eigenvalue weighted by Gasteiger charge is 2.29. The lowest BCUT2D eigenvalue weighted by Gasteiger charge is -2.13. The zero-order chi connectivity index (χ0) is 19.9. The molecule has 0 fully saturated rings.